The van der Waals surface area contributed by atoms with Gasteiger partial charge in [-0.1, -0.05) is 0 Å². The Morgan fingerprint density at radius 2 is 1.85 bits per heavy atom. The first-order valence-corrected chi connectivity index (χ1v) is 7.74. The summed E-state index contributed by atoms with van der Waals surface area (Å²) in [6, 6.07) is 7.87. The topological polar surface area (TPSA) is 47.0 Å². The molecule has 0 saturated heterocycles. The fourth-order valence-electron chi connectivity index (χ4n) is 1.84. The molecule has 1 aromatic heterocycles. The Bertz CT molecular complexity index is 584. The normalized spacial score (nSPS) is 10.4. The number of benzene rings is 1. The monoisotopic (exact) mass is 383 g/mol. The van der Waals surface area contributed by atoms with E-state index in [-0.39, 0.29) is 0 Å². The summed E-state index contributed by atoms with van der Waals surface area (Å²) >= 11 is 2.27. The zero-order chi connectivity index (χ0) is 14.5. The summed E-state index contributed by atoms with van der Waals surface area (Å²) in [6.45, 7) is 7.55. The Kier molecular flexibility index (Phi) is 5.17. The number of aromatic nitrogens is 2. The van der Waals surface area contributed by atoms with Crippen LogP contribution in [0.3, 0.4) is 0 Å². The molecule has 2 aromatic rings. The number of aryl methyl sites for hydroxylation is 1. The van der Waals surface area contributed by atoms with Gasteiger partial charge in [0.05, 0.1) is 15.9 Å². The summed E-state index contributed by atoms with van der Waals surface area (Å²) in [7, 11) is 0. The Morgan fingerprint density at radius 3 is 2.45 bits per heavy atom. The molecule has 0 bridgehead atoms. The Balaban J connectivity index is 2.36. The molecule has 0 aliphatic rings. The van der Waals surface area contributed by atoms with Crippen LogP contribution in [0.5, 0.6) is 5.75 Å². The number of ether oxygens (including phenoxy) is 1. The van der Waals surface area contributed by atoms with Crippen molar-refractivity contribution in [2.75, 3.05) is 18.5 Å². The van der Waals surface area contributed by atoms with Crippen LogP contribution in [0.25, 0.3) is 11.4 Å². The standard InChI is InChI=1S/C15H18IN3O/c1-4-17-15-13(16)10(3)18-14(19-15)11-6-8-12(9-7-11)20-5-2/h6-9H,4-5H2,1-3H3,(H,17,18,19). The van der Waals surface area contributed by atoms with Crippen molar-refractivity contribution >= 4 is 28.4 Å². The van der Waals surface area contributed by atoms with Gasteiger partial charge in [-0.2, -0.15) is 0 Å². The molecule has 0 amide bonds. The van der Waals surface area contributed by atoms with E-state index in [1.54, 1.807) is 0 Å². The summed E-state index contributed by atoms with van der Waals surface area (Å²) in [5.41, 5.74) is 1.98. The number of nitrogens with zero attached hydrogens (tertiary/aromatic N) is 2. The molecule has 1 aromatic carbocycles. The van der Waals surface area contributed by atoms with Gasteiger partial charge in [-0.05, 0) is 67.6 Å². The number of rotatable bonds is 5. The maximum Gasteiger partial charge on any atom is 0.161 e. The van der Waals surface area contributed by atoms with Crippen LogP contribution < -0.4 is 10.1 Å². The molecule has 0 fully saturated rings. The van der Waals surface area contributed by atoms with Crippen molar-refractivity contribution in [1.29, 1.82) is 0 Å². The first kappa shape index (κ1) is 15.0. The van der Waals surface area contributed by atoms with E-state index in [0.717, 1.165) is 38.8 Å². The molecule has 0 radical (unpaired) electrons. The Morgan fingerprint density at radius 1 is 1.15 bits per heavy atom. The molecule has 0 aliphatic carbocycles. The second-order valence-electron chi connectivity index (χ2n) is 4.28. The predicted molar refractivity (Wildman–Crippen MR) is 90.3 cm³/mol. The van der Waals surface area contributed by atoms with Gasteiger partial charge in [0.1, 0.15) is 11.6 Å². The van der Waals surface area contributed by atoms with Gasteiger partial charge in [-0.15, -0.1) is 0 Å². The van der Waals surface area contributed by atoms with E-state index in [1.807, 2.05) is 38.1 Å². The SMILES string of the molecule is CCNc1nc(-c2ccc(OCC)cc2)nc(C)c1I. The number of hydrogen-bond acceptors (Lipinski definition) is 4. The molecule has 5 heteroatoms. The van der Waals surface area contributed by atoms with Crippen LogP contribution in [-0.2, 0) is 0 Å². The quantitative estimate of drug-likeness (QED) is 0.796. The summed E-state index contributed by atoms with van der Waals surface area (Å²) < 4.78 is 6.52. The van der Waals surface area contributed by atoms with Gasteiger partial charge in [0, 0.05) is 12.1 Å². The van der Waals surface area contributed by atoms with E-state index in [4.69, 9.17) is 4.74 Å². The number of nitrogens with one attached hydrogen (secondary N) is 1. The number of halogens is 1. The van der Waals surface area contributed by atoms with Crippen LogP contribution in [0, 0.1) is 10.5 Å². The second-order valence-corrected chi connectivity index (χ2v) is 5.36. The molecule has 106 valence electrons. The van der Waals surface area contributed by atoms with Gasteiger partial charge in [0.25, 0.3) is 0 Å². The highest BCUT2D eigenvalue weighted by Crippen LogP contribution is 2.25. The zero-order valence-electron chi connectivity index (χ0n) is 11.9. The Labute approximate surface area is 133 Å². The van der Waals surface area contributed by atoms with Crippen LogP contribution >= 0.6 is 22.6 Å². The molecule has 1 N–H and O–H groups in total. The first-order chi connectivity index (χ1) is 9.65. The van der Waals surface area contributed by atoms with Crippen LogP contribution in [0.2, 0.25) is 0 Å². The van der Waals surface area contributed by atoms with Crippen LogP contribution in [0.4, 0.5) is 5.82 Å². The molecular weight excluding hydrogens is 365 g/mol. The minimum absolute atomic E-state index is 0.670. The molecule has 0 saturated carbocycles. The highest BCUT2D eigenvalue weighted by molar-refractivity contribution is 14.1. The lowest BCUT2D eigenvalue weighted by Crippen LogP contribution is -2.06. The van der Waals surface area contributed by atoms with Gasteiger partial charge < -0.3 is 10.1 Å². The molecule has 0 aliphatic heterocycles. The summed E-state index contributed by atoms with van der Waals surface area (Å²) in [4.78, 5) is 9.16. The van der Waals surface area contributed by atoms with Crippen molar-refractivity contribution in [2.24, 2.45) is 0 Å². The smallest absolute Gasteiger partial charge is 0.161 e. The predicted octanol–water partition coefficient (Wildman–Crippen LogP) is 3.89. The van der Waals surface area contributed by atoms with Gasteiger partial charge in [0.2, 0.25) is 0 Å². The lowest BCUT2D eigenvalue weighted by atomic mass is 10.2. The molecule has 1 heterocycles. The van der Waals surface area contributed by atoms with Gasteiger partial charge >= 0.3 is 0 Å². The van der Waals surface area contributed by atoms with E-state index in [1.165, 1.54) is 0 Å². The molecule has 20 heavy (non-hydrogen) atoms. The summed E-state index contributed by atoms with van der Waals surface area (Å²) in [5, 5.41) is 3.28. The molecule has 4 nitrogen and oxygen atoms in total. The van der Waals surface area contributed by atoms with Crippen molar-refractivity contribution in [3.63, 3.8) is 0 Å². The van der Waals surface area contributed by atoms with E-state index in [2.05, 4.69) is 44.8 Å². The van der Waals surface area contributed by atoms with Crippen molar-refractivity contribution in [3.05, 3.63) is 33.5 Å². The molecule has 2 rings (SSSR count). The molecule has 0 spiro atoms. The highest BCUT2D eigenvalue weighted by Gasteiger charge is 2.10. The van der Waals surface area contributed by atoms with Crippen LogP contribution in [-0.4, -0.2) is 23.1 Å². The maximum absolute atomic E-state index is 5.45. The van der Waals surface area contributed by atoms with Crippen LogP contribution in [0.1, 0.15) is 19.5 Å². The van der Waals surface area contributed by atoms with Crippen molar-refractivity contribution in [1.82, 2.24) is 9.97 Å². The third kappa shape index (κ3) is 3.39. The molecular formula is C15H18IN3O. The lowest BCUT2D eigenvalue weighted by molar-refractivity contribution is 0.340. The minimum atomic E-state index is 0.670. The minimum Gasteiger partial charge on any atom is -0.494 e. The average Bonchev–Trinajstić information content (AvgIpc) is 2.45. The third-order valence-electron chi connectivity index (χ3n) is 2.78. The molecule has 0 atom stereocenters. The van der Waals surface area contributed by atoms with Gasteiger partial charge in [-0.3, -0.25) is 0 Å². The van der Waals surface area contributed by atoms with Gasteiger partial charge in [0.15, 0.2) is 5.82 Å². The molecule has 0 unspecified atom stereocenters. The van der Waals surface area contributed by atoms with Gasteiger partial charge in [-0.25, -0.2) is 9.97 Å². The van der Waals surface area contributed by atoms with Crippen molar-refractivity contribution in [3.8, 4) is 17.1 Å². The average molecular weight is 383 g/mol. The van der Waals surface area contributed by atoms with E-state index < -0.39 is 0 Å². The Hall–Kier alpha value is -1.37. The van der Waals surface area contributed by atoms with E-state index >= 15 is 0 Å². The number of hydrogen-bond donors (Lipinski definition) is 1. The van der Waals surface area contributed by atoms with E-state index in [0.29, 0.717) is 6.61 Å². The maximum atomic E-state index is 5.45. The number of anilines is 1. The van der Waals surface area contributed by atoms with Crippen LogP contribution in [0.15, 0.2) is 24.3 Å². The van der Waals surface area contributed by atoms with E-state index in [9.17, 15) is 0 Å². The largest absolute Gasteiger partial charge is 0.494 e. The highest BCUT2D eigenvalue weighted by atomic mass is 127. The van der Waals surface area contributed by atoms with Crippen molar-refractivity contribution in [2.45, 2.75) is 20.8 Å². The fraction of sp³-hybridized carbons (Fsp3) is 0.333. The zero-order valence-corrected chi connectivity index (χ0v) is 14.1. The summed E-state index contributed by atoms with van der Waals surface area (Å²) in [5.74, 6) is 2.50. The third-order valence-corrected chi connectivity index (χ3v) is 4.08. The van der Waals surface area contributed by atoms with Crippen molar-refractivity contribution < 1.29 is 4.74 Å². The lowest BCUT2D eigenvalue weighted by Gasteiger charge is -2.10. The fourth-order valence-corrected chi connectivity index (χ4v) is 2.27. The second kappa shape index (κ2) is 6.88. The first-order valence-electron chi connectivity index (χ1n) is 6.67. The summed E-state index contributed by atoms with van der Waals surface area (Å²) in [6.07, 6.45) is 0.